The van der Waals surface area contributed by atoms with Crippen molar-refractivity contribution in [1.82, 2.24) is 4.98 Å². The Kier molecular flexibility index (Phi) is 6.84. The van der Waals surface area contributed by atoms with Gasteiger partial charge in [0.05, 0.1) is 10.5 Å². The van der Waals surface area contributed by atoms with E-state index >= 15 is 0 Å². The van der Waals surface area contributed by atoms with E-state index < -0.39 is 21.2 Å². The Labute approximate surface area is 171 Å². The van der Waals surface area contributed by atoms with Gasteiger partial charge >= 0.3 is 0 Å². The van der Waals surface area contributed by atoms with Gasteiger partial charge < -0.3 is 5.11 Å². The molecule has 0 saturated carbocycles. The predicted molar refractivity (Wildman–Crippen MR) is 113 cm³/mol. The highest BCUT2D eigenvalue weighted by atomic mass is 32.2. The van der Waals surface area contributed by atoms with E-state index in [9.17, 15) is 18.3 Å². The van der Waals surface area contributed by atoms with Gasteiger partial charge in [0.15, 0.2) is 5.78 Å². The van der Waals surface area contributed by atoms with E-state index in [0.717, 1.165) is 28.0 Å². The second-order valence-electron chi connectivity index (χ2n) is 8.25. The van der Waals surface area contributed by atoms with Crippen molar-refractivity contribution in [2.75, 3.05) is 5.75 Å². The van der Waals surface area contributed by atoms with Crippen LogP contribution < -0.4 is 0 Å². The molecule has 28 heavy (non-hydrogen) atoms. The minimum absolute atomic E-state index is 0.0881. The van der Waals surface area contributed by atoms with Crippen LogP contribution in [0.3, 0.4) is 0 Å². The van der Waals surface area contributed by atoms with Crippen molar-refractivity contribution in [1.29, 1.82) is 0 Å². The number of rotatable bonds is 8. The quantitative estimate of drug-likeness (QED) is 0.688. The molecule has 1 aromatic carbocycles. The summed E-state index contributed by atoms with van der Waals surface area (Å²) in [5, 5.41) is 10.0. The van der Waals surface area contributed by atoms with Crippen LogP contribution in [0.4, 0.5) is 0 Å². The zero-order valence-corrected chi connectivity index (χ0v) is 18.9. The fourth-order valence-electron chi connectivity index (χ4n) is 3.12. The second-order valence-corrected chi connectivity index (χ2v) is 11.4. The minimum atomic E-state index is -3.84. The van der Waals surface area contributed by atoms with Crippen molar-refractivity contribution in [3.05, 3.63) is 46.0 Å². The molecule has 0 aliphatic heterocycles. The Bertz CT molecular complexity index is 925. The molecule has 0 unspecified atom stereocenters. The Morgan fingerprint density at radius 2 is 1.68 bits per heavy atom. The van der Waals surface area contributed by atoms with Crippen LogP contribution in [0.5, 0.6) is 0 Å². The van der Waals surface area contributed by atoms with E-state index in [4.69, 9.17) is 0 Å². The van der Waals surface area contributed by atoms with Crippen LogP contribution in [0.15, 0.2) is 28.7 Å². The average molecular weight is 424 g/mol. The highest BCUT2D eigenvalue weighted by Crippen LogP contribution is 2.30. The summed E-state index contributed by atoms with van der Waals surface area (Å²) in [4.78, 5) is 17.1. The van der Waals surface area contributed by atoms with E-state index in [-0.39, 0.29) is 28.4 Å². The SMILES string of the molecule is CC(C)c1cccc(C(C)C)c1CC(=O)CS(=O)(=O)c1ncc(C(C)(C)O)s1. The van der Waals surface area contributed by atoms with Gasteiger partial charge in [-0.15, -0.1) is 11.3 Å². The van der Waals surface area contributed by atoms with E-state index in [0.29, 0.717) is 4.88 Å². The fraction of sp³-hybridized carbons (Fsp3) is 0.524. The van der Waals surface area contributed by atoms with Crippen LogP contribution in [-0.2, 0) is 26.7 Å². The van der Waals surface area contributed by atoms with Crippen LogP contribution in [0.25, 0.3) is 0 Å². The van der Waals surface area contributed by atoms with Gasteiger partial charge in [0.2, 0.25) is 14.2 Å². The largest absolute Gasteiger partial charge is 0.385 e. The first-order chi connectivity index (χ1) is 12.8. The summed E-state index contributed by atoms with van der Waals surface area (Å²) in [5.74, 6) is -0.455. The van der Waals surface area contributed by atoms with Gasteiger partial charge in [-0.25, -0.2) is 13.4 Å². The summed E-state index contributed by atoms with van der Waals surface area (Å²) in [7, 11) is -3.84. The van der Waals surface area contributed by atoms with E-state index in [2.05, 4.69) is 32.7 Å². The van der Waals surface area contributed by atoms with Crippen molar-refractivity contribution in [2.45, 2.75) is 69.7 Å². The number of Topliss-reactive ketones (excluding diaryl/α,β-unsaturated/α-hetero) is 1. The second kappa shape index (κ2) is 8.43. The minimum Gasteiger partial charge on any atom is -0.385 e. The topological polar surface area (TPSA) is 84.3 Å². The molecule has 0 radical (unpaired) electrons. The molecule has 1 aromatic heterocycles. The number of carbonyl (C=O) groups is 1. The zero-order chi connectivity index (χ0) is 21.3. The molecule has 5 nitrogen and oxygen atoms in total. The lowest BCUT2D eigenvalue weighted by atomic mass is 9.86. The first-order valence-electron chi connectivity index (χ1n) is 9.37. The molecule has 1 heterocycles. The maximum Gasteiger partial charge on any atom is 0.212 e. The summed E-state index contributed by atoms with van der Waals surface area (Å²) >= 11 is 0.910. The number of carbonyl (C=O) groups excluding carboxylic acids is 1. The summed E-state index contributed by atoms with van der Waals surface area (Å²) in [6.07, 6.45) is 1.44. The Morgan fingerprint density at radius 1 is 1.14 bits per heavy atom. The number of hydrogen-bond acceptors (Lipinski definition) is 6. The van der Waals surface area contributed by atoms with Crippen LogP contribution in [0.2, 0.25) is 0 Å². The normalized spacial score (nSPS) is 12.8. The van der Waals surface area contributed by atoms with Gasteiger partial charge in [0.25, 0.3) is 0 Å². The number of ketones is 1. The average Bonchev–Trinajstić information content (AvgIpc) is 3.05. The third kappa shape index (κ3) is 5.27. The van der Waals surface area contributed by atoms with Crippen molar-refractivity contribution < 1.29 is 18.3 Å². The van der Waals surface area contributed by atoms with Crippen molar-refractivity contribution in [3.8, 4) is 0 Å². The molecule has 0 saturated heterocycles. The van der Waals surface area contributed by atoms with Crippen molar-refractivity contribution in [3.63, 3.8) is 0 Å². The van der Waals surface area contributed by atoms with E-state index in [1.54, 1.807) is 13.8 Å². The molecule has 7 heteroatoms. The fourth-order valence-corrected chi connectivity index (χ4v) is 5.58. The van der Waals surface area contributed by atoms with E-state index in [1.807, 2.05) is 18.2 Å². The van der Waals surface area contributed by atoms with Gasteiger partial charge in [0.1, 0.15) is 5.75 Å². The highest BCUT2D eigenvalue weighted by molar-refractivity contribution is 7.94. The highest BCUT2D eigenvalue weighted by Gasteiger charge is 2.27. The molecule has 2 rings (SSSR count). The molecule has 1 N–H and O–H groups in total. The lowest BCUT2D eigenvalue weighted by Gasteiger charge is -2.19. The van der Waals surface area contributed by atoms with Crippen molar-refractivity contribution in [2.24, 2.45) is 0 Å². The third-order valence-corrected chi connectivity index (χ3v) is 8.03. The first-order valence-corrected chi connectivity index (χ1v) is 11.8. The molecule has 0 spiro atoms. The summed E-state index contributed by atoms with van der Waals surface area (Å²) in [5.41, 5.74) is 1.92. The number of aromatic nitrogens is 1. The molecular weight excluding hydrogens is 394 g/mol. The smallest absolute Gasteiger partial charge is 0.212 e. The molecule has 0 amide bonds. The van der Waals surface area contributed by atoms with Gasteiger partial charge in [-0.3, -0.25) is 4.79 Å². The Balaban J connectivity index is 2.28. The van der Waals surface area contributed by atoms with Gasteiger partial charge in [0, 0.05) is 12.6 Å². The zero-order valence-electron chi connectivity index (χ0n) is 17.3. The maximum absolute atomic E-state index is 12.7. The standard InChI is InChI=1S/C21H29NO4S2/c1-13(2)16-8-7-9-17(14(3)4)18(16)10-15(23)12-28(25,26)20-22-11-19(27-20)21(5,6)24/h7-9,11,13-14,24H,10,12H2,1-6H3. The number of hydrogen-bond donors (Lipinski definition) is 1. The monoisotopic (exact) mass is 423 g/mol. The summed E-state index contributed by atoms with van der Waals surface area (Å²) in [6.45, 7) is 11.4. The van der Waals surface area contributed by atoms with Gasteiger partial charge in [-0.05, 0) is 42.4 Å². The molecule has 0 bridgehead atoms. The third-order valence-electron chi connectivity index (χ3n) is 4.57. The molecule has 2 aromatic rings. The number of benzene rings is 1. The van der Waals surface area contributed by atoms with Gasteiger partial charge in [-0.1, -0.05) is 45.9 Å². The lowest BCUT2D eigenvalue weighted by molar-refractivity contribution is -0.116. The Morgan fingerprint density at radius 3 is 2.11 bits per heavy atom. The number of nitrogens with zero attached hydrogens (tertiary/aromatic N) is 1. The summed E-state index contributed by atoms with van der Waals surface area (Å²) < 4.78 is 25.2. The number of sulfone groups is 1. The van der Waals surface area contributed by atoms with Crippen LogP contribution >= 0.6 is 11.3 Å². The number of aliphatic hydroxyl groups is 1. The lowest BCUT2D eigenvalue weighted by Crippen LogP contribution is -2.20. The van der Waals surface area contributed by atoms with Crippen LogP contribution in [-0.4, -0.2) is 30.0 Å². The van der Waals surface area contributed by atoms with Gasteiger partial charge in [-0.2, -0.15) is 0 Å². The molecular formula is C21H29NO4S2. The molecule has 154 valence electrons. The molecule has 0 fully saturated rings. The van der Waals surface area contributed by atoms with Crippen LogP contribution in [0.1, 0.15) is 74.9 Å². The number of thiazole rings is 1. The first kappa shape index (κ1) is 22.7. The van der Waals surface area contributed by atoms with Crippen LogP contribution in [0, 0.1) is 0 Å². The molecule has 0 atom stereocenters. The Hall–Kier alpha value is -1.57. The van der Waals surface area contributed by atoms with E-state index in [1.165, 1.54) is 6.20 Å². The predicted octanol–water partition coefficient (Wildman–Crippen LogP) is 4.20. The van der Waals surface area contributed by atoms with Crippen molar-refractivity contribution >= 4 is 27.0 Å². The molecule has 0 aliphatic rings. The molecule has 0 aliphatic carbocycles. The maximum atomic E-state index is 12.7. The summed E-state index contributed by atoms with van der Waals surface area (Å²) in [6, 6.07) is 6.00.